The number of hydrogen-bond acceptors (Lipinski definition) is 4. The van der Waals surface area contributed by atoms with Gasteiger partial charge in [-0.1, -0.05) is 0 Å². The SMILES string of the molecule is COc1ccc(C(=O)NCc2ccnc(-c3ccco3)c2)cc1C. The molecule has 24 heavy (non-hydrogen) atoms. The van der Waals surface area contributed by atoms with Crippen LogP contribution in [0.5, 0.6) is 5.75 Å². The Kier molecular flexibility index (Phi) is 4.61. The molecular formula is C19H18N2O3. The molecule has 3 aromatic rings. The van der Waals surface area contributed by atoms with Gasteiger partial charge in [0.15, 0.2) is 5.76 Å². The fourth-order valence-electron chi connectivity index (χ4n) is 2.45. The van der Waals surface area contributed by atoms with Gasteiger partial charge in [-0.3, -0.25) is 9.78 Å². The minimum absolute atomic E-state index is 0.128. The van der Waals surface area contributed by atoms with Gasteiger partial charge in [0, 0.05) is 18.3 Å². The molecule has 0 bridgehead atoms. The predicted molar refractivity (Wildman–Crippen MR) is 90.8 cm³/mol. The zero-order valence-electron chi connectivity index (χ0n) is 13.6. The Morgan fingerprint density at radius 3 is 2.83 bits per heavy atom. The molecule has 1 N–H and O–H groups in total. The van der Waals surface area contributed by atoms with Crippen molar-refractivity contribution in [3.63, 3.8) is 0 Å². The van der Waals surface area contributed by atoms with Gasteiger partial charge in [-0.05, 0) is 60.5 Å². The molecule has 0 fully saturated rings. The summed E-state index contributed by atoms with van der Waals surface area (Å²) >= 11 is 0. The highest BCUT2D eigenvalue weighted by Gasteiger charge is 2.09. The van der Waals surface area contributed by atoms with E-state index in [9.17, 15) is 4.79 Å². The van der Waals surface area contributed by atoms with Crippen molar-refractivity contribution in [1.29, 1.82) is 0 Å². The molecule has 0 atom stereocenters. The topological polar surface area (TPSA) is 64.4 Å². The van der Waals surface area contributed by atoms with E-state index in [-0.39, 0.29) is 5.91 Å². The molecule has 122 valence electrons. The molecule has 2 aromatic heterocycles. The Morgan fingerprint density at radius 2 is 2.12 bits per heavy atom. The number of pyridine rings is 1. The van der Waals surface area contributed by atoms with E-state index in [1.54, 1.807) is 31.7 Å². The van der Waals surface area contributed by atoms with Crippen LogP contribution in [0.2, 0.25) is 0 Å². The molecule has 0 saturated carbocycles. The molecule has 0 aliphatic carbocycles. The number of benzene rings is 1. The average molecular weight is 322 g/mol. The van der Waals surface area contributed by atoms with E-state index in [0.29, 0.717) is 17.9 Å². The van der Waals surface area contributed by atoms with Crippen LogP contribution in [0, 0.1) is 6.92 Å². The van der Waals surface area contributed by atoms with Crippen molar-refractivity contribution in [2.24, 2.45) is 0 Å². The van der Waals surface area contributed by atoms with Gasteiger partial charge in [0.25, 0.3) is 5.91 Å². The van der Waals surface area contributed by atoms with Gasteiger partial charge < -0.3 is 14.5 Å². The van der Waals surface area contributed by atoms with Crippen LogP contribution in [0.1, 0.15) is 21.5 Å². The van der Waals surface area contributed by atoms with E-state index in [1.165, 1.54) is 0 Å². The molecule has 0 radical (unpaired) electrons. The van der Waals surface area contributed by atoms with Crippen LogP contribution in [0.3, 0.4) is 0 Å². The third-order valence-corrected chi connectivity index (χ3v) is 3.71. The maximum Gasteiger partial charge on any atom is 0.251 e. The molecule has 2 heterocycles. The number of ether oxygens (including phenoxy) is 1. The first-order chi connectivity index (χ1) is 11.7. The summed E-state index contributed by atoms with van der Waals surface area (Å²) in [5.41, 5.74) is 3.23. The van der Waals surface area contributed by atoms with Gasteiger partial charge in [-0.2, -0.15) is 0 Å². The summed E-state index contributed by atoms with van der Waals surface area (Å²) < 4.78 is 10.6. The van der Waals surface area contributed by atoms with Gasteiger partial charge >= 0.3 is 0 Å². The molecule has 1 amide bonds. The lowest BCUT2D eigenvalue weighted by molar-refractivity contribution is 0.0951. The Hall–Kier alpha value is -3.08. The van der Waals surface area contributed by atoms with Gasteiger partial charge in [-0.15, -0.1) is 0 Å². The number of carbonyl (C=O) groups excluding carboxylic acids is 1. The van der Waals surface area contributed by atoms with Crippen LogP contribution in [0.4, 0.5) is 0 Å². The van der Waals surface area contributed by atoms with Crippen molar-refractivity contribution in [2.45, 2.75) is 13.5 Å². The lowest BCUT2D eigenvalue weighted by atomic mass is 10.1. The number of nitrogens with zero attached hydrogens (tertiary/aromatic N) is 1. The first kappa shape index (κ1) is 15.8. The average Bonchev–Trinajstić information content (AvgIpc) is 3.14. The largest absolute Gasteiger partial charge is 0.496 e. The van der Waals surface area contributed by atoms with Crippen molar-refractivity contribution in [3.05, 3.63) is 71.6 Å². The molecule has 0 unspecified atom stereocenters. The molecule has 0 aliphatic rings. The first-order valence-corrected chi connectivity index (χ1v) is 7.59. The monoisotopic (exact) mass is 322 g/mol. The van der Waals surface area contributed by atoms with Crippen LogP contribution in [0.15, 0.2) is 59.3 Å². The van der Waals surface area contributed by atoms with Crippen LogP contribution >= 0.6 is 0 Å². The highest BCUT2D eigenvalue weighted by Crippen LogP contribution is 2.19. The Labute approximate surface area is 140 Å². The maximum atomic E-state index is 12.3. The third-order valence-electron chi connectivity index (χ3n) is 3.71. The number of methoxy groups -OCH3 is 1. The molecule has 5 nitrogen and oxygen atoms in total. The zero-order chi connectivity index (χ0) is 16.9. The standard InChI is InChI=1S/C19H18N2O3/c1-13-10-15(5-6-17(13)23-2)19(22)21-12-14-7-8-20-16(11-14)18-4-3-9-24-18/h3-11H,12H2,1-2H3,(H,21,22). The number of carbonyl (C=O) groups is 1. The summed E-state index contributed by atoms with van der Waals surface area (Å²) in [6.07, 6.45) is 3.31. The summed E-state index contributed by atoms with van der Waals surface area (Å²) in [4.78, 5) is 16.6. The lowest BCUT2D eigenvalue weighted by Crippen LogP contribution is -2.22. The lowest BCUT2D eigenvalue weighted by Gasteiger charge is -2.09. The van der Waals surface area contributed by atoms with Crippen LogP contribution < -0.4 is 10.1 Å². The Bertz CT molecular complexity index is 842. The number of aryl methyl sites for hydroxylation is 1. The molecule has 0 saturated heterocycles. The second-order valence-electron chi connectivity index (χ2n) is 5.39. The van der Waals surface area contributed by atoms with Gasteiger partial charge in [0.1, 0.15) is 11.4 Å². The van der Waals surface area contributed by atoms with Gasteiger partial charge in [0.05, 0.1) is 13.4 Å². The minimum Gasteiger partial charge on any atom is -0.496 e. The Morgan fingerprint density at radius 1 is 1.25 bits per heavy atom. The van der Waals surface area contributed by atoms with E-state index < -0.39 is 0 Å². The van der Waals surface area contributed by atoms with E-state index >= 15 is 0 Å². The molecule has 1 aromatic carbocycles. The Balaban J connectivity index is 1.68. The maximum absolute atomic E-state index is 12.3. The summed E-state index contributed by atoms with van der Waals surface area (Å²) in [6.45, 7) is 2.33. The molecule has 0 spiro atoms. The van der Waals surface area contributed by atoms with Crippen LogP contribution in [0.25, 0.3) is 11.5 Å². The summed E-state index contributed by atoms with van der Waals surface area (Å²) in [5.74, 6) is 1.34. The second-order valence-corrected chi connectivity index (χ2v) is 5.39. The number of hydrogen-bond donors (Lipinski definition) is 1. The molecular weight excluding hydrogens is 304 g/mol. The highest BCUT2D eigenvalue weighted by molar-refractivity contribution is 5.94. The van der Waals surface area contributed by atoms with Crippen LogP contribution in [-0.2, 0) is 6.54 Å². The fraction of sp³-hybridized carbons (Fsp3) is 0.158. The van der Waals surface area contributed by atoms with Crippen molar-refractivity contribution in [3.8, 4) is 17.2 Å². The van der Waals surface area contributed by atoms with Crippen molar-refractivity contribution in [1.82, 2.24) is 10.3 Å². The summed E-state index contributed by atoms with van der Waals surface area (Å²) in [6, 6.07) is 12.8. The van der Waals surface area contributed by atoms with Gasteiger partial charge in [-0.25, -0.2) is 0 Å². The molecule has 0 aliphatic heterocycles. The number of furan rings is 1. The minimum atomic E-state index is -0.128. The fourth-order valence-corrected chi connectivity index (χ4v) is 2.45. The number of rotatable bonds is 5. The smallest absolute Gasteiger partial charge is 0.251 e. The molecule has 5 heteroatoms. The zero-order valence-corrected chi connectivity index (χ0v) is 13.6. The van der Waals surface area contributed by atoms with Crippen molar-refractivity contribution in [2.75, 3.05) is 7.11 Å². The van der Waals surface area contributed by atoms with E-state index in [2.05, 4.69) is 10.3 Å². The number of aromatic nitrogens is 1. The summed E-state index contributed by atoms with van der Waals surface area (Å²) in [5, 5.41) is 2.91. The van der Waals surface area contributed by atoms with E-state index in [0.717, 1.165) is 22.6 Å². The number of amides is 1. The van der Waals surface area contributed by atoms with Crippen molar-refractivity contribution < 1.29 is 13.9 Å². The predicted octanol–water partition coefficient (Wildman–Crippen LogP) is 3.59. The van der Waals surface area contributed by atoms with E-state index in [1.807, 2.05) is 37.3 Å². The number of nitrogens with one attached hydrogen (secondary N) is 1. The molecule has 3 rings (SSSR count). The third kappa shape index (κ3) is 3.46. The van der Waals surface area contributed by atoms with E-state index in [4.69, 9.17) is 9.15 Å². The normalized spacial score (nSPS) is 10.4. The van der Waals surface area contributed by atoms with Crippen LogP contribution in [-0.4, -0.2) is 18.0 Å². The van der Waals surface area contributed by atoms with Gasteiger partial charge in [0.2, 0.25) is 0 Å². The van der Waals surface area contributed by atoms with Crippen molar-refractivity contribution >= 4 is 5.91 Å². The summed E-state index contributed by atoms with van der Waals surface area (Å²) in [7, 11) is 1.61. The quantitative estimate of drug-likeness (QED) is 0.779. The first-order valence-electron chi connectivity index (χ1n) is 7.59. The second kappa shape index (κ2) is 7.00. The highest BCUT2D eigenvalue weighted by atomic mass is 16.5.